The summed E-state index contributed by atoms with van der Waals surface area (Å²) in [7, 11) is 0. The molecule has 5 nitrogen and oxygen atoms in total. The number of urea groups is 1. The van der Waals surface area contributed by atoms with Crippen molar-refractivity contribution in [1.82, 2.24) is 10.7 Å². The summed E-state index contributed by atoms with van der Waals surface area (Å²) in [5.74, 6) is 0. The monoisotopic (exact) mass is 380 g/mol. The molecule has 1 aliphatic carbocycles. The number of hydrazone groups is 1. The fraction of sp³-hybridized carbons (Fsp3) is 0.333. The Morgan fingerprint density at radius 1 is 1.07 bits per heavy atom. The maximum Gasteiger partial charge on any atom is 0.335 e. The molecule has 2 aliphatic rings. The van der Waals surface area contributed by atoms with Gasteiger partial charge in [0.15, 0.2) is 0 Å². The number of nitrogens with one attached hydrogen (secondary N) is 3. The minimum Gasteiger partial charge on any atom is -0.354 e. The lowest BCUT2D eigenvalue weighted by atomic mass is 9.96. The van der Waals surface area contributed by atoms with Crippen molar-refractivity contribution in [2.45, 2.75) is 54.9 Å². The van der Waals surface area contributed by atoms with Gasteiger partial charge in [-0.2, -0.15) is 5.10 Å². The van der Waals surface area contributed by atoms with Crippen LogP contribution in [0.2, 0.25) is 0 Å². The predicted octanol–water partition coefficient (Wildman–Crippen LogP) is 5.25. The molecule has 1 heterocycles. The average molecular weight is 381 g/mol. The molecule has 2 aromatic carbocycles. The van der Waals surface area contributed by atoms with Crippen molar-refractivity contribution in [3.8, 4) is 0 Å². The van der Waals surface area contributed by atoms with E-state index in [1.807, 2.05) is 25.1 Å². The van der Waals surface area contributed by atoms with Gasteiger partial charge in [0.05, 0.1) is 17.1 Å². The third-order valence-corrected chi connectivity index (χ3v) is 6.19. The van der Waals surface area contributed by atoms with Crippen LogP contribution in [-0.2, 0) is 0 Å². The van der Waals surface area contributed by atoms with E-state index in [0.29, 0.717) is 0 Å². The van der Waals surface area contributed by atoms with Crippen LogP contribution in [-0.4, -0.2) is 17.8 Å². The quantitative estimate of drug-likeness (QED) is 0.429. The number of carbonyl (C=O) groups excluding carboxylic acids is 1. The number of hydrogen-bond acceptors (Lipinski definition) is 4. The Bertz CT molecular complexity index is 874. The first-order valence-electron chi connectivity index (χ1n) is 9.48. The summed E-state index contributed by atoms with van der Waals surface area (Å²) in [5, 5.41) is 10.8. The van der Waals surface area contributed by atoms with E-state index in [1.165, 1.54) is 29.1 Å². The number of fused-ring (bicyclic) bond motifs is 2. The summed E-state index contributed by atoms with van der Waals surface area (Å²) in [6.07, 6.45) is 5.77. The second-order valence-electron chi connectivity index (χ2n) is 7.05. The number of benzene rings is 2. The topological polar surface area (TPSA) is 65.5 Å². The molecule has 3 N–H and O–H groups in total. The highest BCUT2D eigenvalue weighted by Crippen LogP contribution is 2.44. The van der Waals surface area contributed by atoms with E-state index in [2.05, 4.69) is 45.4 Å². The first kappa shape index (κ1) is 17.9. The summed E-state index contributed by atoms with van der Waals surface area (Å²) >= 11 is 1.76. The molecule has 0 unspecified atom stereocenters. The molecule has 0 saturated heterocycles. The Labute approximate surface area is 164 Å². The van der Waals surface area contributed by atoms with Crippen LogP contribution < -0.4 is 16.1 Å². The summed E-state index contributed by atoms with van der Waals surface area (Å²) in [4.78, 5) is 14.5. The lowest BCUT2D eigenvalue weighted by Crippen LogP contribution is -2.41. The molecule has 27 heavy (non-hydrogen) atoms. The van der Waals surface area contributed by atoms with E-state index in [9.17, 15) is 4.79 Å². The highest BCUT2D eigenvalue weighted by atomic mass is 32.2. The molecule has 0 aromatic heterocycles. The van der Waals surface area contributed by atoms with Crippen molar-refractivity contribution in [2.75, 3.05) is 5.32 Å². The number of carbonyl (C=O) groups is 1. The maximum absolute atomic E-state index is 12.1. The van der Waals surface area contributed by atoms with Gasteiger partial charge in [-0.3, -0.25) is 0 Å². The van der Waals surface area contributed by atoms with E-state index in [4.69, 9.17) is 0 Å². The highest BCUT2D eigenvalue weighted by Gasteiger charge is 2.17. The van der Waals surface area contributed by atoms with E-state index in [1.54, 1.807) is 11.8 Å². The molecule has 0 atom stereocenters. The normalized spacial score (nSPS) is 16.7. The van der Waals surface area contributed by atoms with Crippen molar-refractivity contribution >= 4 is 34.9 Å². The summed E-state index contributed by atoms with van der Waals surface area (Å²) in [5.41, 5.74) is 6.59. The van der Waals surface area contributed by atoms with E-state index >= 15 is 0 Å². The van der Waals surface area contributed by atoms with E-state index in [0.717, 1.165) is 35.5 Å². The third kappa shape index (κ3) is 4.27. The van der Waals surface area contributed by atoms with Gasteiger partial charge >= 0.3 is 6.03 Å². The smallest absolute Gasteiger partial charge is 0.335 e. The van der Waals surface area contributed by atoms with Crippen LogP contribution in [0.5, 0.6) is 0 Å². The Morgan fingerprint density at radius 2 is 1.85 bits per heavy atom. The molecule has 1 aliphatic heterocycles. The Kier molecular flexibility index (Phi) is 5.34. The van der Waals surface area contributed by atoms with Gasteiger partial charge in [0, 0.05) is 15.8 Å². The number of nitrogens with zero attached hydrogens (tertiary/aromatic N) is 1. The highest BCUT2D eigenvalue weighted by molar-refractivity contribution is 7.99. The second kappa shape index (κ2) is 8.05. The van der Waals surface area contributed by atoms with Crippen LogP contribution >= 0.6 is 11.8 Å². The maximum atomic E-state index is 12.1. The molecular weight excluding hydrogens is 356 g/mol. The van der Waals surface area contributed by atoms with Gasteiger partial charge in [-0.15, -0.1) is 0 Å². The number of hydrogen-bond donors (Lipinski definition) is 3. The SMILES string of the molecule is C/C(=N\NC(=O)NC1CCCCC1)c1ccc2c(c1)Nc1ccccc1S2. The first-order valence-corrected chi connectivity index (χ1v) is 10.3. The molecule has 6 heteroatoms. The van der Waals surface area contributed by atoms with Crippen molar-refractivity contribution in [3.63, 3.8) is 0 Å². The first-order chi connectivity index (χ1) is 13.2. The van der Waals surface area contributed by atoms with Crippen molar-refractivity contribution in [2.24, 2.45) is 5.10 Å². The summed E-state index contributed by atoms with van der Waals surface area (Å²) < 4.78 is 0. The molecule has 140 valence electrons. The van der Waals surface area contributed by atoms with Crippen LogP contribution in [0.4, 0.5) is 16.2 Å². The van der Waals surface area contributed by atoms with Crippen LogP contribution in [0.1, 0.15) is 44.6 Å². The zero-order valence-electron chi connectivity index (χ0n) is 15.4. The number of anilines is 2. The zero-order chi connectivity index (χ0) is 18.6. The van der Waals surface area contributed by atoms with E-state index in [-0.39, 0.29) is 12.1 Å². The fourth-order valence-electron chi connectivity index (χ4n) is 3.53. The molecule has 1 saturated carbocycles. The van der Waals surface area contributed by atoms with Gasteiger partial charge < -0.3 is 10.6 Å². The molecule has 0 spiro atoms. The number of rotatable bonds is 3. The molecule has 0 radical (unpaired) electrons. The van der Waals surface area contributed by atoms with Crippen molar-refractivity contribution < 1.29 is 4.79 Å². The Balaban J connectivity index is 1.41. The van der Waals surface area contributed by atoms with Crippen molar-refractivity contribution in [3.05, 3.63) is 48.0 Å². The second-order valence-corrected chi connectivity index (χ2v) is 8.14. The van der Waals surface area contributed by atoms with Gasteiger partial charge in [-0.05, 0) is 49.6 Å². The van der Waals surface area contributed by atoms with Crippen LogP contribution in [0.15, 0.2) is 57.4 Å². The minimum atomic E-state index is -0.221. The standard InChI is InChI=1S/C21H24N4OS/c1-14(24-25-21(26)22-16-7-3-2-4-8-16)15-11-12-20-18(13-15)23-17-9-5-6-10-19(17)27-20/h5-6,9-13,16,23H,2-4,7-8H2,1H3,(H2,22,25,26)/b24-14+. The average Bonchev–Trinajstić information content (AvgIpc) is 2.70. The fourth-order valence-corrected chi connectivity index (χ4v) is 4.50. The van der Waals surface area contributed by atoms with Gasteiger partial charge in [-0.25, -0.2) is 10.2 Å². The molecule has 2 amide bonds. The van der Waals surface area contributed by atoms with Crippen LogP contribution in [0.25, 0.3) is 0 Å². The molecule has 2 aromatic rings. The van der Waals surface area contributed by atoms with Gasteiger partial charge in [0.25, 0.3) is 0 Å². The lowest BCUT2D eigenvalue weighted by molar-refractivity contribution is 0.233. The number of para-hydroxylation sites is 1. The summed E-state index contributed by atoms with van der Waals surface area (Å²) in [6, 6.07) is 14.6. The van der Waals surface area contributed by atoms with Crippen LogP contribution in [0, 0.1) is 0 Å². The minimum absolute atomic E-state index is 0.221. The molecular formula is C21H24N4OS. The lowest BCUT2D eigenvalue weighted by Gasteiger charge is -2.22. The Hall–Kier alpha value is -2.47. The van der Waals surface area contributed by atoms with Gasteiger partial charge in [0.2, 0.25) is 0 Å². The van der Waals surface area contributed by atoms with Gasteiger partial charge in [0.1, 0.15) is 0 Å². The molecule has 4 rings (SSSR count). The van der Waals surface area contributed by atoms with Crippen LogP contribution in [0.3, 0.4) is 0 Å². The van der Waals surface area contributed by atoms with Crippen molar-refractivity contribution in [1.29, 1.82) is 0 Å². The number of amides is 2. The molecule has 1 fully saturated rings. The largest absolute Gasteiger partial charge is 0.354 e. The predicted molar refractivity (Wildman–Crippen MR) is 111 cm³/mol. The summed E-state index contributed by atoms with van der Waals surface area (Å²) in [6.45, 7) is 1.91. The molecule has 0 bridgehead atoms. The third-order valence-electron chi connectivity index (χ3n) is 5.04. The van der Waals surface area contributed by atoms with Gasteiger partial charge in [-0.1, -0.05) is 49.2 Å². The van der Waals surface area contributed by atoms with E-state index < -0.39 is 0 Å². The Morgan fingerprint density at radius 3 is 2.70 bits per heavy atom. The zero-order valence-corrected chi connectivity index (χ0v) is 16.2.